The van der Waals surface area contributed by atoms with Gasteiger partial charge in [0, 0.05) is 0 Å². The van der Waals surface area contributed by atoms with Crippen LogP contribution in [0.25, 0.3) is 0 Å². The Morgan fingerprint density at radius 1 is 0.929 bits per heavy atom. The average Bonchev–Trinajstić information content (AvgIpc) is 3.59. The molecule has 2 aliphatic carbocycles. The van der Waals surface area contributed by atoms with E-state index >= 15 is 0 Å². The molecular formula is C24H34O4. The maximum atomic E-state index is 11.2. The fraction of sp³-hybridized carbons (Fsp3) is 0.667. The number of carbonyl (C=O) groups is 2. The summed E-state index contributed by atoms with van der Waals surface area (Å²) in [5.74, 6) is -0.594. The number of aryl methyl sites for hydroxylation is 2. The third kappa shape index (κ3) is 6.08. The van der Waals surface area contributed by atoms with E-state index in [1.54, 1.807) is 0 Å². The molecule has 0 aromatic heterocycles. The van der Waals surface area contributed by atoms with E-state index in [1.165, 1.54) is 24.0 Å². The van der Waals surface area contributed by atoms with E-state index < -0.39 is 5.97 Å². The first-order valence-electron chi connectivity index (χ1n) is 11.0. The predicted molar refractivity (Wildman–Crippen MR) is 109 cm³/mol. The lowest BCUT2D eigenvalue weighted by Gasteiger charge is -2.12. The maximum absolute atomic E-state index is 11.2. The first-order chi connectivity index (χ1) is 13.6. The first kappa shape index (κ1) is 20.9. The van der Waals surface area contributed by atoms with Crippen molar-refractivity contribution in [3.63, 3.8) is 0 Å². The van der Waals surface area contributed by atoms with Crippen LogP contribution in [0.4, 0.5) is 0 Å². The Morgan fingerprint density at radius 3 is 2.04 bits per heavy atom. The van der Waals surface area contributed by atoms with Gasteiger partial charge in [-0.1, -0.05) is 43.5 Å². The molecule has 0 unspecified atom stereocenters. The Balaban J connectivity index is 1.27. The van der Waals surface area contributed by atoms with Crippen LogP contribution in [0.15, 0.2) is 24.3 Å². The van der Waals surface area contributed by atoms with Crippen molar-refractivity contribution in [1.29, 1.82) is 0 Å². The highest BCUT2D eigenvalue weighted by atomic mass is 16.5. The molecule has 1 aromatic carbocycles. The van der Waals surface area contributed by atoms with Crippen LogP contribution in [-0.2, 0) is 27.2 Å². The number of hydrogen-bond donors (Lipinski definition) is 1. The number of carbonyl (C=O) groups excluding carboxylic acids is 1. The van der Waals surface area contributed by atoms with Gasteiger partial charge in [-0.25, -0.2) is 0 Å². The molecule has 3 rings (SSSR count). The number of aliphatic carboxylic acids is 1. The summed E-state index contributed by atoms with van der Waals surface area (Å²) in [6.45, 7) is 0.606. The van der Waals surface area contributed by atoms with Crippen LogP contribution in [0.1, 0.15) is 88.2 Å². The van der Waals surface area contributed by atoms with Gasteiger partial charge in [0.15, 0.2) is 0 Å². The van der Waals surface area contributed by atoms with Gasteiger partial charge in [0.25, 0.3) is 6.47 Å². The van der Waals surface area contributed by atoms with Crippen LogP contribution < -0.4 is 0 Å². The quantitative estimate of drug-likeness (QED) is 0.321. The van der Waals surface area contributed by atoms with Crippen molar-refractivity contribution in [2.24, 2.45) is 5.41 Å². The maximum Gasteiger partial charge on any atom is 0.309 e. The molecule has 154 valence electrons. The minimum Gasteiger partial charge on any atom is -0.481 e. The molecule has 1 N–H and O–H groups in total. The molecule has 2 saturated carbocycles. The van der Waals surface area contributed by atoms with E-state index in [-0.39, 0.29) is 11.0 Å². The van der Waals surface area contributed by atoms with Crippen molar-refractivity contribution in [2.75, 3.05) is 0 Å². The van der Waals surface area contributed by atoms with E-state index in [2.05, 4.69) is 24.3 Å². The minimum absolute atomic E-state index is 0.106. The smallest absolute Gasteiger partial charge is 0.309 e. The highest BCUT2D eigenvalue weighted by Crippen LogP contribution is 2.50. The lowest BCUT2D eigenvalue weighted by atomic mass is 9.96. The van der Waals surface area contributed by atoms with Gasteiger partial charge in [-0.3, -0.25) is 9.59 Å². The molecule has 0 heterocycles. The molecule has 0 amide bonds. The minimum atomic E-state index is -0.594. The topological polar surface area (TPSA) is 63.6 Å². The van der Waals surface area contributed by atoms with E-state index in [0.717, 1.165) is 77.0 Å². The zero-order valence-electron chi connectivity index (χ0n) is 17.0. The molecule has 4 nitrogen and oxygen atoms in total. The van der Waals surface area contributed by atoms with E-state index in [9.17, 15) is 14.7 Å². The Hall–Kier alpha value is -1.84. The van der Waals surface area contributed by atoms with Crippen LogP contribution in [0.5, 0.6) is 0 Å². The van der Waals surface area contributed by atoms with Gasteiger partial charge in [0.05, 0.1) is 5.41 Å². The first-order valence-corrected chi connectivity index (χ1v) is 11.0. The average molecular weight is 387 g/mol. The van der Waals surface area contributed by atoms with Gasteiger partial charge < -0.3 is 9.84 Å². The van der Waals surface area contributed by atoms with E-state index in [0.29, 0.717) is 6.47 Å². The molecule has 2 aliphatic rings. The summed E-state index contributed by atoms with van der Waals surface area (Å²) in [5.41, 5.74) is 2.34. The summed E-state index contributed by atoms with van der Waals surface area (Å²) in [7, 11) is 0. The molecule has 0 bridgehead atoms. The van der Waals surface area contributed by atoms with Crippen molar-refractivity contribution in [3.05, 3.63) is 35.4 Å². The number of unbranched alkanes of at least 4 members (excludes halogenated alkanes) is 4. The molecule has 0 atom stereocenters. The molecular weight excluding hydrogens is 352 g/mol. The van der Waals surface area contributed by atoms with Gasteiger partial charge in [-0.2, -0.15) is 0 Å². The second-order valence-electron chi connectivity index (χ2n) is 8.92. The summed E-state index contributed by atoms with van der Waals surface area (Å²) < 4.78 is 5.20. The van der Waals surface area contributed by atoms with Crippen molar-refractivity contribution in [3.8, 4) is 0 Å². The number of rotatable bonds is 15. The van der Waals surface area contributed by atoms with Crippen LogP contribution in [0.3, 0.4) is 0 Å². The van der Waals surface area contributed by atoms with Crippen molar-refractivity contribution >= 4 is 12.4 Å². The van der Waals surface area contributed by atoms with Gasteiger partial charge in [0.1, 0.15) is 5.60 Å². The molecule has 0 saturated heterocycles. The molecule has 2 fully saturated rings. The Morgan fingerprint density at radius 2 is 1.54 bits per heavy atom. The van der Waals surface area contributed by atoms with Gasteiger partial charge in [-0.05, 0) is 81.8 Å². The third-order valence-electron chi connectivity index (χ3n) is 6.62. The summed E-state index contributed by atoms with van der Waals surface area (Å²) in [4.78, 5) is 21.7. The fourth-order valence-electron chi connectivity index (χ4n) is 4.25. The number of benzene rings is 1. The number of carboxylic acid groups (broad SMARTS) is 1. The molecule has 0 radical (unpaired) electrons. The van der Waals surface area contributed by atoms with Crippen LogP contribution in [-0.4, -0.2) is 23.1 Å². The molecule has 28 heavy (non-hydrogen) atoms. The SMILES string of the molecule is O=COC1(CCCCCc2cccc(CCCCCC3(C(=O)O)CC3)c2)CC1. The number of ether oxygens (including phenoxy) is 1. The third-order valence-corrected chi connectivity index (χ3v) is 6.62. The monoisotopic (exact) mass is 386 g/mol. The summed E-state index contributed by atoms with van der Waals surface area (Å²) in [6, 6.07) is 8.91. The van der Waals surface area contributed by atoms with Crippen molar-refractivity contribution < 1.29 is 19.4 Å². The number of carboxylic acids is 1. The molecule has 1 aromatic rings. The predicted octanol–water partition coefficient (Wildman–Crippen LogP) is 5.46. The number of hydrogen-bond acceptors (Lipinski definition) is 3. The normalized spacial score (nSPS) is 18.4. The standard InChI is InChI=1S/C24H34O4/c25-19-28-24(16-17-24)13-6-2-4-9-21-11-7-10-20(18-21)8-3-1-5-12-23(14-15-23)22(26)27/h7,10-11,18-19H,1-6,8-9,12-17H2,(H,26,27). The molecule has 0 aliphatic heterocycles. The molecule has 4 heteroatoms. The second-order valence-corrected chi connectivity index (χ2v) is 8.92. The van der Waals surface area contributed by atoms with E-state index in [1.807, 2.05) is 0 Å². The van der Waals surface area contributed by atoms with Gasteiger partial charge >= 0.3 is 5.97 Å². The Labute approximate surface area is 168 Å². The largest absolute Gasteiger partial charge is 0.481 e. The second kappa shape index (κ2) is 9.58. The van der Waals surface area contributed by atoms with Crippen LogP contribution in [0.2, 0.25) is 0 Å². The van der Waals surface area contributed by atoms with E-state index in [4.69, 9.17) is 4.74 Å². The van der Waals surface area contributed by atoms with Gasteiger partial charge in [0.2, 0.25) is 0 Å². The highest BCUT2D eigenvalue weighted by Gasteiger charge is 2.49. The zero-order chi connectivity index (χ0) is 19.9. The zero-order valence-corrected chi connectivity index (χ0v) is 17.0. The highest BCUT2D eigenvalue weighted by molar-refractivity contribution is 5.77. The van der Waals surface area contributed by atoms with Crippen molar-refractivity contribution in [2.45, 2.75) is 95.5 Å². The van der Waals surface area contributed by atoms with Gasteiger partial charge in [-0.15, -0.1) is 0 Å². The lowest BCUT2D eigenvalue weighted by Crippen LogP contribution is -2.14. The fourth-order valence-corrected chi connectivity index (χ4v) is 4.25. The Bertz CT molecular complexity index is 658. The summed E-state index contributed by atoms with van der Waals surface area (Å²) >= 11 is 0. The summed E-state index contributed by atoms with van der Waals surface area (Å²) in [5, 5.41) is 9.22. The Kier molecular flexibility index (Phi) is 7.14. The van der Waals surface area contributed by atoms with Crippen LogP contribution >= 0.6 is 0 Å². The van der Waals surface area contributed by atoms with Crippen LogP contribution in [0, 0.1) is 5.41 Å². The summed E-state index contributed by atoms with van der Waals surface area (Å²) in [6.07, 6.45) is 14.6. The lowest BCUT2D eigenvalue weighted by molar-refractivity contribution is -0.143. The molecule has 0 spiro atoms. The van der Waals surface area contributed by atoms with Crippen molar-refractivity contribution in [1.82, 2.24) is 0 Å².